The molecule has 2 heterocycles. The number of nitrogens with zero attached hydrogens (tertiary/aromatic N) is 1. The van der Waals surface area contributed by atoms with Crippen LogP contribution in [-0.2, 0) is 19.4 Å². The van der Waals surface area contributed by atoms with E-state index >= 15 is 0 Å². The summed E-state index contributed by atoms with van der Waals surface area (Å²) in [6.07, 6.45) is 6.67. The van der Waals surface area contributed by atoms with Gasteiger partial charge in [0.15, 0.2) is 4.77 Å². The van der Waals surface area contributed by atoms with E-state index in [1.54, 1.807) is 15.9 Å². The lowest BCUT2D eigenvalue weighted by atomic mass is 9.97. The zero-order valence-corrected chi connectivity index (χ0v) is 14.8. The molecule has 0 fully saturated rings. The van der Waals surface area contributed by atoms with Crippen molar-refractivity contribution in [1.82, 2.24) is 9.55 Å². The fourth-order valence-electron chi connectivity index (χ4n) is 3.09. The van der Waals surface area contributed by atoms with Crippen LogP contribution in [0.15, 0.2) is 4.79 Å². The molecule has 114 valence electrons. The molecule has 1 aliphatic rings. The Balaban J connectivity index is 2.13. The highest BCUT2D eigenvalue weighted by Crippen LogP contribution is 2.33. The number of hydrogen-bond acceptors (Lipinski definition) is 4. The molecular formula is C15H20N2OS3. The van der Waals surface area contributed by atoms with Crippen LogP contribution in [0.4, 0.5) is 0 Å². The predicted molar refractivity (Wildman–Crippen MR) is 95.5 cm³/mol. The first-order valence-electron chi connectivity index (χ1n) is 7.38. The van der Waals surface area contributed by atoms with Crippen molar-refractivity contribution in [3.63, 3.8) is 0 Å². The molecule has 0 aliphatic heterocycles. The first-order valence-corrected chi connectivity index (χ1v) is 10.00. The fraction of sp³-hybridized carbons (Fsp3) is 0.600. The summed E-state index contributed by atoms with van der Waals surface area (Å²) >= 11 is 8.95. The van der Waals surface area contributed by atoms with Crippen LogP contribution in [0.1, 0.15) is 30.2 Å². The molecule has 1 N–H and O–H groups in total. The molecule has 0 radical (unpaired) electrons. The Bertz CT molecular complexity index is 772. The lowest BCUT2D eigenvalue weighted by molar-refractivity contribution is 0.510. The van der Waals surface area contributed by atoms with Gasteiger partial charge in [-0.05, 0) is 61.4 Å². The van der Waals surface area contributed by atoms with Gasteiger partial charge in [-0.2, -0.15) is 11.8 Å². The van der Waals surface area contributed by atoms with E-state index in [4.69, 9.17) is 12.2 Å². The van der Waals surface area contributed by atoms with Crippen molar-refractivity contribution in [3.8, 4) is 0 Å². The summed E-state index contributed by atoms with van der Waals surface area (Å²) in [7, 11) is 0. The van der Waals surface area contributed by atoms with E-state index in [2.05, 4.69) is 18.2 Å². The molecule has 1 atom stereocenters. The molecule has 2 aromatic rings. The van der Waals surface area contributed by atoms with Gasteiger partial charge in [-0.1, -0.05) is 6.92 Å². The van der Waals surface area contributed by atoms with Crippen LogP contribution in [0.5, 0.6) is 0 Å². The third kappa shape index (κ3) is 2.85. The Hall–Kier alpha value is -0.590. The van der Waals surface area contributed by atoms with Crippen LogP contribution in [0, 0.1) is 10.7 Å². The number of aromatic nitrogens is 2. The van der Waals surface area contributed by atoms with Gasteiger partial charge in [-0.3, -0.25) is 9.36 Å². The number of aryl methyl sites for hydroxylation is 2. The number of H-pyrrole nitrogens is 1. The van der Waals surface area contributed by atoms with Gasteiger partial charge in [0, 0.05) is 11.4 Å². The summed E-state index contributed by atoms with van der Waals surface area (Å²) in [5.74, 6) is 1.49. The van der Waals surface area contributed by atoms with E-state index in [1.165, 1.54) is 23.3 Å². The molecule has 0 bridgehead atoms. The Morgan fingerprint density at radius 1 is 1.43 bits per heavy atom. The number of rotatable bonds is 4. The van der Waals surface area contributed by atoms with Gasteiger partial charge >= 0.3 is 0 Å². The Labute approximate surface area is 137 Å². The van der Waals surface area contributed by atoms with E-state index < -0.39 is 0 Å². The predicted octanol–water partition coefficient (Wildman–Crippen LogP) is 4.00. The molecular weight excluding hydrogens is 320 g/mol. The van der Waals surface area contributed by atoms with Gasteiger partial charge in [-0.15, -0.1) is 11.3 Å². The minimum Gasteiger partial charge on any atom is -0.323 e. The molecule has 0 saturated heterocycles. The van der Waals surface area contributed by atoms with Crippen molar-refractivity contribution in [2.75, 3.05) is 12.0 Å². The average Bonchev–Trinajstić information content (AvgIpc) is 2.81. The van der Waals surface area contributed by atoms with E-state index in [9.17, 15) is 4.79 Å². The summed E-state index contributed by atoms with van der Waals surface area (Å²) in [4.78, 5) is 18.6. The summed E-state index contributed by atoms with van der Waals surface area (Å²) in [5.41, 5.74) is 1.39. The number of thiophene rings is 1. The van der Waals surface area contributed by atoms with Crippen LogP contribution in [0.3, 0.4) is 0 Å². The molecule has 1 unspecified atom stereocenters. The third-order valence-corrected chi connectivity index (χ3v) is 6.47. The van der Waals surface area contributed by atoms with Crippen LogP contribution < -0.4 is 5.56 Å². The summed E-state index contributed by atoms with van der Waals surface area (Å²) < 4.78 is 2.33. The Kier molecular flexibility index (Phi) is 4.57. The summed E-state index contributed by atoms with van der Waals surface area (Å²) in [6, 6.07) is 0. The van der Waals surface area contributed by atoms with Crippen molar-refractivity contribution in [1.29, 1.82) is 0 Å². The molecule has 1 aliphatic carbocycles. The fourth-order valence-corrected chi connectivity index (χ4v) is 5.37. The van der Waals surface area contributed by atoms with E-state index in [1.807, 2.05) is 11.8 Å². The number of aromatic amines is 1. The first kappa shape index (κ1) is 15.3. The zero-order chi connectivity index (χ0) is 15.0. The topological polar surface area (TPSA) is 37.8 Å². The van der Waals surface area contributed by atoms with Gasteiger partial charge in [0.2, 0.25) is 0 Å². The van der Waals surface area contributed by atoms with E-state index in [0.717, 1.165) is 28.8 Å². The van der Waals surface area contributed by atoms with Crippen molar-refractivity contribution >= 4 is 45.5 Å². The molecule has 0 spiro atoms. The Morgan fingerprint density at radius 3 is 2.95 bits per heavy atom. The smallest absolute Gasteiger partial charge is 0.263 e. The lowest BCUT2D eigenvalue weighted by Crippen LogP contribution is -2.26. The molecule has 0 amide bonds. The minimum atomic E-state index is 0.112. The second-order valence-corrected chi connectivity index (χ2v) is 8.22. The highest BCUT2D eigenvalue weighted by atomic mass is 32.2. The first-order chi connectivity index (χ1) is 10.1. The van der Waals surface area contributed by atoms with Gasteiger partial charge < -0.3 is 4.98 Å². The lowest BCUT2D eigenvalue weighted by Gasteiger charge is -2.13. The van der Waals surface area contributed by atoms with E-state index in [0.29, 0.717) is 17.2 Å². The number of thioether (sulfide) groups is 1. The molecule has 2 aromatic heterocycles. The second kappa shape index (κ2) is 6.26. The van der Waals surface area contributed by atoms with Gasteiger partial charge in [-0.25, -0.2) is 0 Å². The van der Waals surface area contributed by atoms with Gasteiger partial charge in [0.05, 0.1) is 5.39 Å². The molecule has 0 saturated carbocycles. The molecule has 3 nitrogen and oxygen atoms in total. The normalized spacial score (nSPS) is 16.1. The third-order valence-electron chi connectivity index (χ3n) is 4.04. The maximum atomic E-state index is 12.9. The molecule has 0 aromatic carbocycles. The maximum absolute atomic E-state index is 12.9. The van der Waals surface area contributed by atoms with Crippen LogP contribution in [-0.4, -0.2) is 21.6 Å². The van der Waals surface area contributed by atoms with Crippen molar-refractivity contribution in [3.05, 3.63) is 25.6 Å². The number of nitrogens with one attached hydrogen (secondary N) is 1. The summed E-state index contributed by atoms with van der Waals surface area (Å²) in [6.45, 7) is 2.88. The molecule has 3 rings (SSSR count). The minimum absolute atomic E-state index is 0.112. The number of hydrogen-bond donors (Lipinski definition) is 1. The summed E-state index contributed by atoms with van der Waals surface area (Å²) in [5, 5.41) is 0.902. The SMILES string of the molecule is CSCC(C)Cn1c(=S)[nH]c2sc3c(c2c1=O)CCCC3. The zero-order valence-electron chi connectivity index (χ0n) is 12.4. The maximum Gasteiger partial charge on any atom is 0.263 e. The molecule has 21 heavy (non-hydrogen) atoms. The highest BCUT2D eigenvalue weighted by molar-refractivity contribution is 7.98. The van der Waals surface area contributed by atoms with Crippen LogP contribution in [0.2, 0.25) is 0 Å². The van der Waals surface area contributed by atoms with Crippen molar-refractivity contribution in [2.24, 2.45) is 5.92 Å². The van der Waals surface area contributed by atoms with Crippen molar-refractivity contribution < 1.29 is 0 Å². The monoisotopic (exact) mass is 340 g/mol. The average molecular weight is 341 g/mol. The number of fused-ring (bicyclic) bond motifs is 3. The van der Waals surface area contributed by atoms with E-state index in [-0.39, 0.29) is 5.56 Å². The van der Waals surface area contributed by atoms with Crippen LogP contribution in [0.25, 0.3) is 10.2 Å². The standard InChI is InChI=1S/C15H20N2OS3/c1-9(8-20-2)7-17-14(18)12-10-5-3-4-6-11(10)21-13(12)16-15(17)19/h9H,3-8H2,1-2H3,(H,16,19). The largest absolute Gasteiger partial charge is 0.323 e. The Morgan fingerprint density at radius 2 is 2.19 bits per heavy atom. The van der Waals surface area contributed by atoms with Crippen molar-refractivity contribution in [2.45, 2.75) is 39.2 Å². The van der Waals surface area contributed by atoms with Gasteiger partial charge in [0.1, 0.15) is 4.83 Å². The highest BCUT2D eigenvalue weighted by Gasteiger charge is 2.20. The van der Waals surface area contributed by atoms with Gasteiger partial charge in [0.25, 0.3) is 5.56 Å². The molecule has 6 heteroatoms. The van der Waals surface area contributed by atoms with Crippen LogP contribution >= 0.6 is 35.3 Å². The second-order valence-electron chi connectivity index (χ2n) is 5.82. The quantitative estimate of drug-likeness (QED) is 0.855.